The van der Waals surface area contributed by atoms with E-state index in [1.807, 2.05) is 12.1 Å². The third-order valence-electron chi connectivity index (χ3n) is 5.51. The van der Waals surface area contributed by atoms with Crippen LogP contribution in [0.5, 0.6) is 11.5 Å². The number of ether oxygens (including phenoxy) is 2. The number of carbonyl (C=O) groups excluding carboxylic acids is 1. The molecule has 0 bridgehead atoms. The maximum Gasteiger partial charge on any atom is 0.573 e. The van der Waals surface area contributed by atoms with E-state index in [0.29, 0.717) is 35.1 Å². The smallest absolute Gasteiger partial charge is 0.493 e. The van der Waals surface area contributed by atoms with Gasteiger partial charge in [0.15, 0.2) is 5.82 Å². The zero-order valence-corrected chi connectivity index (χ0v) is 17.4. The first-order valence-corrected chi connectivity index (χ1v) is 10.3. The molecule has 2 heterocycles. The van der Waals surface area contributed by atoms with Crippen molar-refractivity contribution in [3.8, 4) is 11.5 Å². The van der Waals surface area contributed by atoms with Crippen molar-refractivity contribution in [1.29, 1.82) is 0 Å². The molecule has 10 heteroatoms. The number of nitrogens with one attached hydrogen (secondary N) is 2. The number of alkyl halides is 3. The summed E-state index contributed by atoms with van der Waals surface area (Å²) in [6, 6.07) is 10.6. The number of carbonyl (C=O) groups is 1. The van der Waals surface area contributed by atoms with Crippen LogP contribution in [0.2, 0.25) is 0 Å². The molecule has 4 rings (SSSR count). The van der Waals surface area contributed by atoms with Gasteiger partial charge in [0.2, 0.25) is 0 Å². The number of halogens is 3. The number of benzene rings is 2. The summed E-state index contributed by atoms with van der Waals surface area (Å²) in [5.41, 5.74) is 0.872. The average Bonchev–Trinajstić information content (AvgIpc) is 3.33. The van der Waals surface area contributed by atoms with Gasteiger partial charge in [0, 0.05) is 23.1 Å². The number of rotatable bonds is 7. The van der Waals surface area contributed by atoms with Gasteiger partial charge in [-0.05, 0) is 69.3 Å². The zero-order valence-electron chi connectivity index (χ0n) is 17.4. The van der Waals surface area contributed by atoms with Gasteiger partial charge in [-0.25, -0.2) is 0 Å². The van der Waals surface area contributed by atoms with Gasteiger partial charge >= 0.3 is 6.36 Å². The highest BCUT2D eigenvalue weighted by molar-refractivity contribution is 6.07. The van der Waals surface area contributed by atoms with Gasteiger partial charge in [0.25, 0.3) is 5.91 Å². The molecule has 0 spiro atoms. The minimum absolute atomic E-state index is 0.174. The molecule has 1 aliphatic rings. The fraction of sp³-hybridized carbons (Fsp3) is 0.364. The Bertz CT molecular complexity index is 1080. The Kier molecular flexibility index (Phi) is 6.22. The number of fused-ring (bicyclic) bond motifs is 1. The molecule has 1 atom stereocenters. The van der Waals surface area contributed by atoms with E-state index in [1.165, 1.54) is 25.0 Å². The number of anilines is 1. The molecule has 1 aliphatic heterocycles. The van der Waals surface area contributed by atoms with E-state index in [0.717, 1.165) is 25.1 Å². The maximum absolute atomic E-state index is 12.5. The summed E-state index contributed by atoms with van der Waals surface area (Å²) in [5.74, 6) is 0.129. The quantitative estimate of drug-likeness (QED) is 0.553. The first-order valence-electron chi connectivity index (χ1n) is 10.3. The van der Waals surface area contributed by atoms with Gasteiger partial charge in [-0.2, -0.15) is 5.10 Å². The van der Waals surface area contributed by atoms with E-state index in [1.54, 1.807) is 6.07 Å². The number of aromatic nitrogens is 2. The zero-order chi connectivity index (χ0) is 22.7. The number of likely N-dealkylation sites (tertiary alicyclic amines) is 1. The third-order valence-corrected chi connectivity index (χ3v) is 5.51. The number of H-pyrrole nitrogens is 1. The second-order valence-electron chi connectivity index (χ2n) is 7.72. The van der Waals surface area contributed by atoms with E-state index in [4.69, 9.17) is 4.74 Å². The molecule has 2 aromatic carbocycles. The number of nitrogens with zero attached hydrogens (tertiary/aromatic N) is 2. The van der Waals surface area contributed by atoms with Crippen molar-refractivity contribution in [3.05, 3.63) is 48.0 Å². The Morgan fingerprint density at radius 1 is 1.22 bits per heavy atom. The Labute approximate surface area is 182 Å². The van der Waals surface area contributed by atoms with Crippen molar-refractivity contribution < 1.29 is 27.4 Å². The van der Waals surface area contributed by atoms with Crippen LogP contribution < -0.4 is 14.8 Å². The second kappa shape index (κ2) is 9.07. The molecule has 0 saturated carbocycles. The molecule has 0 radical (unpaired) electrons. The molecule has 1 aromatic heterocycles. The van der Waals surface area contributed by atoms with Crippen molar-refractivity contribution in [3.63, 3.8) is 0 Å². The van der Waals surface area contributed by atoms with Crippen LogP contribution in [0.3, 0.4) is 0 Å². The molecule has 1 amide bonds. The Hall–Kier alpha value is -3.27. The number of aromatic amines is 1. The normalized spacial score (nSPS) is 16.9. The summed E-state index contributed by atoms with van der Waals surface area (Å²) >= 11 is 0. The molecule has 32 heavy (non-hydrogen) atoms. The van der Waals surface area contributed by atoms with E-state index >= 15 is 0 Å². The van der Waals surface area contributed by atoms with Crippen molar-refractivity contribution in [2.24, 2.45) is 0 Å². The van der Waals surface area contributed by atoms with Gasteiger partial charge in [0.05, 0.1) is 12.1 Å². The molecule has 0 aliphatic carbocycles. The first-order chi connectivity index (χ1) is 15.3. The van der Waals surface area contributed by atoms with Crippen LogP contribution in [0.4, 0.5) is 19.0 Å². The van der Waals surface area contributed by atoms with E-state index < -0.39 is 18.0 Å². The first kappa shape index (κ1) is 21.9. The fourth-order valence-corrected chi connectivity index (χ4v) is 3.83. The summed E-state index contributed by atoms with van der Waals surface area (Å²) < 4.78 is 46.5. The standard InChI is InChI=1S/C22H23F3N4O3/c1-29-11-2-3-15(29)10-12-31-17-8-9-18-19(13-17)27-28-20(18)26-21(30)14-4-6-16(7-5-14)32-22(23,24)25/h4-9,13,15H,2-3,10-12H2,1H3,(H2,26,27,28,30). The predicted molar refractivity (Wildman–Crippen MR) is 113 cm³/mol. The molecular formula is C22H23F3N4O3. The van der Waals surface area contributed by atoms with Crippen LogP contribution in [0.1, 0.15) is 29.6 Å². The lowest BCUT2D eigenvalue weighted by Gasteiger charge is -2.19. The van der Waals surface area contributed by atoms with Crippen LogP contribution in [0, 0.1) is 0 Å². The number of amides is 1. The van der Waals surface area contributed by atoms with E-state index in [9.17, 15) is 18.0 Å². The maximum atomic E-state index is 12.5. The van der Waals surface area contributed by atoms with E-state index in [-0.39, 0.29) is 5.56 Å². The molecule has 1 fully saturated rings. The van der Waals surface area contributed by atoms with Crippen LogP contribution >= 0.6 is 0 Å². The van der Waals surface area contributed by atoms with Gasteiger partial charge in [0.1, 0.15) is 11.5 Å². The summed E-state index contributed by atoms with van der Waals surface area (Å²) in [4.78, 5) is 14.8. The lowest BCUT2D eigenvalue weighted by molar-refractivity contribution is -0.274. The largest absolute Gasteiger partial charge is 0.573 e. The highest BCUT2D eigenvalue weighted by Gasteiger charge is 2.31. The molecule has 170 valence electrons. The highest BCUT2D eigenvalue weighted by Crippen LogP contribution is 2.27. The summed E-state index contributed by atoms with van der Waals surface area (Å²) in [6.45, 7) is 1.75. The Balaban J connectivity index is 1.36. The van der Waals surface area contributed by atoms with Crippen molar-refractivity contribution in [2.45, 2.75) is 31.7 Å². The van der Waals surface area contributed by atoms with Crippen molar-refractivity contribution in [1.82, 2.24) is 15.1 Å². The average molecular weight is 448 g/mol. The van der Waals surface area contributed by atoms with Crippen LogP contribution in [0.15, 0.2) is 42.5 Å². The molecule has 7 nitrogen and oxygen atoms in total. The molecular weight excluding hydrogens is 425 g/mol. The lowest BCUT2D eigenvalue weighted by Crippen LogP contribution is -2.26. The minimum atomic E-state index is -4.78. The number of hydrogen-bond donors (Lipinski definition) is 2. The molecule has 1 unspecified atom stereocenters. The van der Waals surface area contributed by atoms with Crippen molar-refractivity contribution in [2.75, 3.05) is 25.5 Å². The molecule has 3 aromatic rings. The highest BCUT2D eigenvalue weighted by atomic mass is 19.4. The summed E-state index contributed by atoms with van der Waals surface area (Å²) in [6.07, 6.45) is -1.40. The van der Waals surface area contributed by atoms with Crippen LogP contribution in [0.25, 0.3) is 10.9 Å². The van der Waals surface area contributed by atoms with Crippen LogP contribution in [-0.2, 0) is 0 Å². The second-order valence-corrected chi connectivity index (χ2v) is 7.72. The van der Waals surface area contributed by atoms with Crippen LogP contribution in [-0.4, -0.2) is 53.6 Å². The fourth-order valence-electron chi connectivity index (χ4n) is 3.83. The topological polar surface area (TPSA) is 79.5 Å². The van der Waals surface area contributed by atoms with E-state index in [2.05, 4.69) is 32.2 Å². The van der Waals surface area contributed by atoms with Gasteiger partial charge < -0.3 is 19.7 Å². The lowest BCUT2D eigenvalue weighted by atomic mass is 10.1. The monoisotopic (exact) mass is 448 g/mol. The van der Waals surface area contributed by atoms with Gasteiger partial charge in [-0.15, -0.1) is 13.2 Å². The summed E-state index contributed by atoms with van der Waals surface area (Å²) in [7, 11) is 2.13. The van der Waals surface area contributed by atoms with Crippen molar-refractivity contribution >= 4 is 22.6 Å². The SMILES string of the molecule is CN1CCCC1CCOc1ccc2c(NC(=O)c3ccc(OC(F)(F)F)cc3)n[nH]c2c1. The Morgan fingerprint density at radius 2 is 1.97 bits per heavy atom. The van der Waals surface area contributed by atoms with Gasteiger partial charge in [-0.3, -0.25) is 9.89 Å². The molecule has 2 N–H and O–H groups in total. The minimum Gasteiger partial charge on any atom is -0.493 e. The summed E-state index contributed by atoms with van der Waals surface area (Å²) in [5, 5.41) is 10.3. The Morgan fingerprint density at radius 3 is 2.66 bits per heavy atom. The number of hydrogen-bond acceptors (Lipinski definition) is 5. The third kappa shape index (κ3) is 5.31. The molecule has 1 saturated heterocycles. The van der Waals surface area contributed by atoms with Gasteiger partial charge in [-0.1, -0.05) is 0 Å². The predicted octanol–water partition coefficient (Wildman–Crippen LogP) is 4.58.